The van der Waals surface area contributed by atoms with Crippen LogP contribution >= 0.6 is 11.6 Å². The van der Waals surface area contributed by atoms with Gasteiger partial charge in [0.2, 0.25) is 5.91 Å². The van der Waals surface area contributed by atoms with Gasteiger partial charge in [-0.1, -0.05) is 50.4 Å². The largest absolute Gasteiger partial charge is 0.480 e. The number of carbonyl (C=O) groups is 3. The summed E-state index contributed by atoms with van der Waals surface area (Å²) in [5.74, 6) is -2.26. The minimum absolute atomic E-state index is 0.0414. The Morgan fingerprint density at radius 1 is 1.26 bits per heavy atom. The molecule has 1 aliphatic rings. The van der Waals surface area contributed by atoms with Crippen molar-refractivity contribution in [1.29, 1.82) is 0 Å². The SMILES string of the molecule is CCCC(CCC)NC(=O)N1C(=O)[C@H](CCc2cccc(Cl)c2)C1C(=O)O. The lowest BCUT2D eigenvalue weighted by atomic mass is 9.83. The van der Waals surface area contributed by atoms with Gasteiger partial charge >= 0.3 is 12.0 Å². The predicted molar refractivity (Wildman–Crippen MR) is 104 cm³/mol. The number of imide groups is 1. The van der Waals surface area contributed by atoms with Crippen LogP contribution < -0.4 is 5.32 Å². The lowest BCUT2D eigenvalue weighted by Crippen LogP contribution is -2.68. The van der Waals surface area contributed by atoms with Gasteiger partial charge in [0.05, 0.1) is 5.92 Å². The zero-order valence-electron chi connectivity index (χ0n) is 15.8. The molecule has 0 bridgehead atoms. The predicted octanol–water partition coefficient (Wildman–Crippen LogP) is 3.86. The number of hydrogen-bond donors (Lipinski definition) is 2. The Kier molecular flexibility index (Phi) is 7.66. The van der Waals surface area contributed by atoms with Gasteiger partial charge in [-0.25, -0.2) is 14.5 Å². The molecule has 0 saturated carbocycles. The number of aliphatic carboxylic acids is 1. The highest BCUT2D eigenvalue weighted by Crippen LogP contribution is 2.31. The van der Waals surface area contributed by atoms with E-state index in [0.29, 0.717) is 17.9 Å². The van der Waals surface area contributed by atoms with Crippen molar-refractivity contribution in [1.82, 2.24) is 10.2 Å². The second-order valence-corrected chi connectivity index (χ2v) is 7.43. The van der Waals surface area contributed by atoms with E-state index in [1.807, 2.05) is 26.0 Å². The number of aryl methyl sites for hydroxylation is 1. The summed E-state index contributed by atoms with van der Waals surface area (Å²) in [6, 6.07) is 5.50. The van der Waals surface area contributed by atoms with E-state index in [1.54, 1.807) is 12.1 Å². The first-order chi connectivity index (χ1) is 12.9. The van der Waals surface area contributed by atoms with Crippen LogP contribution in [-0.2, 0) is 16.0 Å². The van der Waals surface area contributed by atoms with Crippen LogP contribution in [0, 0.1) is 5.92 Å². The average molecular weight is 395 g/mol. The van der Waals surface area contributed by atoms with Crippen molar-refractivity contribution < 1.29 is 19.5 Å². The van der Waals surface area contributed by atoms with Crippen LogP contribution in [0.1, 0.15) is 51.5 Å². The second-order valence-electron chi connectivity index (χ2n) is 6.99. The van der Waals surface area contributed by atoms with Crippen molar-refractivity contribution in [3.8, 4) is 0 Å². The van der Waals surface area contributed by atoms with E-state index in [4.69, 9.17) is 11.6 Å². The van der Waals surface area contributed by atoms with Gasteiger partial charge in [-0.2, -0.15) is 0 Å². The lowest BCUT2D eigenvalue weighted by Gasteiger charge is -2.43. The molecule has 3 amide bonds. The quantitative estimate of drug-likeness (QED) is 0.622. The third kappa shape index (κ3) is 5.22. The number of nitrogens with zero attached hydrogens (tertiary/aromatic N) is 1. The molecule has 1 aromatic carbocycles. The minimum Gasteiger partial charge on any atom is -0.480 e. The molecule has 6 nitrogen and oxygen atoms in total. The van der Waals surface area contributed by atoms with Crippen LogP contribution in [0.25, 0.3) is 0 Å². The van der Waals surface area contributed by atoms with E-state index >= 15 is 0 Å². The van der Waals surface area contributed by atoms with Crippen molar-refractivity contribution in [2.45, 2.75) is 64.5 Å². The Bertz CT molecular complexity index is 688. The van der Waals surface area contributed by atoms with Crippen LogP contribution in [0.5, 0.6) is 0 Å². The molecule has 2 atom stereocenters. The van der Waals surface area contributed by atoms with Gasteiger partial charge in [0.25, 0.3) is 0 Å². The van der Waals surface area contributed by atoms with E-state index in [1.165, 1.54) is 0 Å². The van der Waals surface area contributed by atoms with Crippen LogP contribution in [0.2, 0.25) is 5.02 Å². The number of carbonyl (C=O) groups excluding carboxylic acids is 2. The molecule has 1 aromatic rings. The highest BCUT2D eigenvalue weighted by Gasteiger charge is 2.54. The number of rotatable bonds is 9. The highest BCUT2D eigenvalue weighted by atomic mass is 35.5. The van der Waals surface area contributed by atoms with E-state index in [-0.39, 0.29) is 6.04 Å². The molecule has 2 N–H and O–H groups in total. The standard InChI is InChI=1S/C20H27ClN2O4/c1-3-6-15(7-4-2)22-20(27)23-17(19(25)26)16(18(23)24)11-10-13-8-5-9-14(21)12-13/h5,8-9,12,15-17H,3-4,6-7,10-11H2,1-2H3,(H,22,27)(H,25,26)/t16-,17?/m1/s1. The summed E-state index contributed by atoms with van der Waals surface area (Å²) in [4.78, 5) is 37.5. The van der Waals surface area contributed by atoms with Gasteiger partial charge in [-0.05, 0) is 43.4 Å². The third-order valence-electron chi connectivity index (χ3n) is 4.92. The van der Waals surface area contributed by atoms with Gasteiger partial charge in [0.1, 0.15) is 0 Å². The molecule has 1 unspecified atom stereocenters. The maximum atomic E-state index is 12.5. The number of urea groups is 1. The summed E-state index contributed by atoms with van der Waals surface area (Å²) >= 11 is 5.96. The molecule has 148 valence electrons. The number of carboxylic acids is 1. The number of hydrogen-bond acceptors (Lipinski definition) is 3. The third-order valence-corrected chi connectivity index (χ3v) is 5.16. The summed E-state index contributed by atoms with van der Waals surface area (Å²) in [5, 5.41) is 12.9. The Balaban J connectivity index is 2.01. The number of benzene rings is 1. The van der Waals surface area contributed by atoms with Gasteiger partial charge in [-0.3, -0.25) is 4.79 Å². The number of likely N-dealkylation sites (tertiary alicyclic amines) is 1. The van der Waals surface area contributed by atoms with Crippen LogP contribution in [0.3, 0.4) is 0 Å². The van der Waals surface area contributed by atoms with E-state index in [0.717, 1.165) is 36.1 Å². The maximum absolute atomic E-state index is 12.5. The first-order valence-electron chi connectivity index (χ1n) is 9.49. The van der Waals surface area contributed by atoms with E-state index in [9.17, 15) is 19.5 Å². The fraction of sp³-hybridized carbons (Fsp3) is 0.550. The maximum Gasteiger partial charge on any atom is 0.327 e. The molecule has 0 aromatic heterocycles. The summed E-state index contributed by atoms with van der Waals surface area (Å²) in [5.41, 5.74) is 0.938. The minimum atomic E-state index is -1.15. The number of nitrogens with one attached hydrogen (secondary N) is 1. The van der Waals surface area contributed by atoms with Crippen LogP contribution in [-0.4, -0.2) is 40.0 Å². The van der Waals surface area contributed by atoms with Gasteiger partial charge in [-0.15, -0.1) is 0 Å². The first-order valence-corrected chi connectivity index (χ1v) is 9.87. The number of amides is 3. The van der Waals surface area contributed by atoms with E-state index in [2.05, 4.69) is 5.32 Å². The van der Waals surface area contributed by atoms with Crippen molar-refractivity contribution >= 4 is 29.5 Å². The molecule has 0 aliphatic carbocycles. The highest BCUT2D eigenvalue weighted by molar-refractivity contribution is 6.30. The molecule has 7 heteroatoms. The zero-order chi connectivity index (χ0) is 20.0. The molecular weight excluding hydrogens is 368 g/mol. The molecule has 0 spiro atoms. The van der Waals surface area contributed by atoms with Crippen molar-refractivity contribution in [2.75, 3.05) is 0 Å². The normalized spacial score (nSPS) is 19.1. The Labute approximate surface area is 164 Å². The number of carboxylic acid groups (broad SMARTS) is 1. The van der Waals surface area contributed by atoms with Gasteiger partial charge in [0.15, 0.2) is 6.04 Å². The number of halogens is 1. The molecule has 1 aliphatic heterocycles. The molecule has 1 saturated heterocycles. The van der Waals surface area contributed by atoms with Gasteiger partial charge in [0, 0.05) is 11.1 Å². The second kappa shape index (κ2) is 9.74. The van der Waals surface area contributed by atoms with Crippen LogP contribution in [0.4, 0.5) is 4.79 Å². The van der Waals surface area contributed by atoms with Gasteiger partial charge < -0.3 is 10.4 Å². The Morgan fingerprint density at radius 2 is 1.93 bits per heavy atom. The summed E-state index contributed by atoms with van der Waals surface area (Å²) in [6.07, 6.45) is 4.32. The summed E-state index contributed by atoms with van der Waals surface area (Å²) < 4.78 is 0. The molecule has 1 heterocycles. The van der Waals surface area contributed by atoms with Crippen molar-refractivity contribution in [2.24, 2.45) is 5.92 Å². The molecular formula is C20H27ClN2O4. The average Bonchev–Trinajstić information content (AvgIpc) is 2.59. The van der Waals surface area contributed by atoms with Crippen molar-refractivity contribution in [3.63, 3.8) is 0 Å². The van der Waals surface area contributed by atoms with Crippen molar-refractivity contribution in [3.05, 3.63) is 34.9 Å². The molecule has 2 rings (SSSR count). The fourth-order valence-corrected chi connectivity index (χ4v) is 3.80. The van der Waals surface area contributed by atoms with E-state index < -0.39 is 29.9 Å². The smallest absolute Gasteiger partial charge is 0.327 e. The van der Waals surface area contributed by atoms with Crippen LogP contribution in [0.15, 0.2) is 24.3 Å². The lowest BCUT2D eigenvalue weighted by molar-refractivity contribution is -0.166. The monoisotopic (exact) mass is 394 g/mol. The zero-order valence-corrected chi connectivity index (χ0v) is 16.5. The topological polar surface area (TPSA) is 86.7 Å². The molecule has 27 heavy (non-hydrogen) atoms. The first kappa shape index (κ1) is 21.2. The Hall–Kier alpha value is -2.08. The fourth-order valence-electron chi connectivity index (χ4n) is 3.58. The Morgan fingerprint density at radius 3 is 2.48 bits per heavy atom. The summed E-state index contributed by atoms with van der Waals surface area (Å²) in [6.45, 7) is 4.05. The number of β-lactam (4-membered cyclic amide) rings is 1. The molecule has 0 radical (unpaired) electrons. The molecule has 1 fully saturated rings. The summed E-state index contributed by atoms with van der Waals surface area (Å²) in [7, 11) is 0.